The van der Waals surface area contributed by atoms with E-state index in [1.54, 1.807) is 12.1 Å². The van der Waals surface area contributed by atoms with Crippen LogP contribution in [0.15, 0.2) is 34.7 Å². The fourth-order valence-corrected chi connectivity index (χ4v) is 4.75. The number of furan rings is 1. The van der Waals surface area contributed by atoms with E-state index < -0.39 is 10.8 Å². The standard InChI is InChI=1S/C24H23N3O4S/c1-12-13(2)15(4)19(16(5)14(12)3)11-18-7-9-21(31-18)23(28)26-24-25-20-8-6-17(27(29)30)10-22(20)32-24/h6-10H,11H2,1-5H3,(H,25,26,28). The van der Waals surface area contributed by atoms with E-state index in [0.717, 1.165) is 0 Å². The lowest BCUT2D eigenvalue weighted by Gasteiger charge is -2.18. The average Bonchev–Trinajstić information content (AvgIpc) is 3.39. The van der Waals surface area contributed by atoms with Gasteiger partial charge < -0.3 is 4.42 Å². The lowest BCUT2D eigenvalue weighted by molar-refractivity contribution is -0.384. The van der Waals surface area contributed by atoms with Crippen molar-refractivity contribution in [3.8, 4) is 0 Å². The summed E-state index contributed by atoms with van der Waals surface area (Å²) in [6.45, 7) is 10.7. The second kappa shape index (κ2) is 8.20. The Morgan fingerprint density at radius 2 is 1.69 bits per heavy atom. The van der Waals surface area contributed by atoms with Crippen molar-refractivity contribution in [1.82, 2.24) is 4.98 Å². The van der Waals surface area contributed by atoms with Gasteiger partial charge in [-0.25, -0.2) is 4.98 Å². The molecule has 0 saturated carbocycles. The van der Waals surface area contributed by atoms with E-state index in [4.69, 9.17) is 4.42 Å². The number of hydrogen-bond donors (Lipinski definition) is 1. The first kappa shape index (κ1) is 21.7. The Hall–Kier alpha value is -3.52. The number of benzene rings is 2. The minimum absolute atomic E-state index is 0.0122. The van der Waals surface area contributed by atoms with Crippen molar-refractivity contribution in [1.29, 1.82) is 0 Å². The number of carbonyl (C=O) groups is 1. The van der Waals surface area contributed by atoms with Crippen LogP contribution in [0.1, 0.15) is 49.7 Å². The Morgan fingerprint density at radius 1 is 1.03 bits per heavy atom. The van der Waals surface area contributed by atoms with Crippen LogP contribution in [-0.2, 0) is 6.42 Å². The first-order chi connectivity index (χ1) is 15.2. The molecule has 0 aliphatic rings. The van der Waals surface area contributed by atoms with Crippen LogP contribution in [0.4, 0.5) is 10.8 Å². The summed E-state index contributed by atoms with van der Waals surface area (Å²) in [6.07, 6.45) is 0.609. The van der Waals surface area contributed by atoms with Gasteiger partial charge in [0.2, 0.25) is 0 Å². The highest BCUT2D eigenvalue weighted by atomic mass is 32.1. The molecule has 0 atom stereocenters. The third-order valence-corrected chi connectivity index (χ3v) is 7.13. The van der Waals surface area contributed by atoms with Gasteiger partial charge in [-0.15, -0.1) is 0 Å². The summed E-state index contributed by atoms with van der Waals surface area (Å²) < 4.78 is 6.47. The number of non-ortho nitro benzene ring substituents is 1. The number of nitro groups is 1. The number of anilines is 1. The Kier molecular flexibility index (Phi) is 5.56. The molecule has 0 spiro atoms. The van der Waals surface area contributed by atoms with Gasteiger partial charge in [0.1, 0.15) is 5.76 Å². The first-order valence-electron chi connectivity index (χ1n) is 10.2. The van der Waals surface area contributed by atoms with Crippen molar-refractivity contribution in [2.24, 2.45) is 0 Å². The van der Waals surface area contributed by atoms with Gasteiger partial charge in [0.15, 0.2) is 10.9 Å². The van der Waals surface area contributed by atoms with Crippen LogP contribution in [0.3, 0.4) is 0 Å². The maximum absolute atomic E-state index is 12.7. The third-order valence-electron chi connectivity index (χ3n) is 6.20. The summed E-state index contributed by atoms with van der Waals surface area (Å²) in [4.78, 5) is 27.5. The van der Waals surface area contributed by atoms with Crippen LogP contribution < -0.4 is 5.32 Å². The molecule has 0 aliphatic carbocycles. The average molecular weight is 450 g/mol. The van der Waals surface area contributed by atoms with Gasteiger partial charge in [0.25, 0.3) is 11.6 Å². The molecule has 7 nitrogen and oxygen atoms in total. The summed E-state index contributed by atoms with van der Waals surface area (Å²) in [5.41, 5.74) is 8.17. The second-order valence-electron chi connectivity index (χ2n) is 7.93. The monoisotopic (exact) mass is 449 g/mol. The molecule has 0 fully saturated rings. The van der Waals surface area contributed by atoms with Gasteiger partial charge in [-0.2, -0.15) is 0 Å². The van der Waals surface area contributed by atoms with Gasteiger partial charge in [0.05, 0.1) is 15.1 Å². The Bertz CT molecular complexity index is 1350. The molecule has 0 saturated heterocycles. The lowest BCUT2D eigenvalue weighted by atomic mass is 9.88. The first-order valence-corrected chi connectivity index (χ1v) is 11.0. The molecule has 2 aromatic carbocycles. The van der Waals surface area contributed by atoms with Crippen LogP contribution in [0.5, 0.6) is 0 Å². The van der Waals surface area contributed by atoms with E-state index in [1.807, 2.05) is 6.07 Å². The van der Waals surface area contributed by atoms with Crippen LogP contribution >= 0.6 is 11.3 Å². The SMILES string of the molecule is Cc1c(C)c(C)c(Cc2ccc(C(=O)Nc3nc4ccc([N+](=O)[O-])cc4s3)o2)c(C)c1C. The number of aromatic nitrogens is 1. The van der Waals surface area contributed by atoms with Crippen molar-refractivity contribution in [3.63, 3.8) is 0 Å². The highest BCUT2D eigenvalue weighted by Gasteiger charge is 2.18. The molecule has 32 heavy (non-hydrogen) atoms. The van der Waals surface area contributed by atoms with Crippen LogP contribution in [0.2, 0.25) is 0 Å². The summed E-state index contributed by atoms with van der Waals surface area (Å²) in [7, 11) is 0. The highest BCUT2D eigenvalue weighted by molar-refractivity contribution is 7.22. The van der Waals surface area contributed by atoms with Crippen molar-refractivity contribution in [3.05, 3.63) is 85.3 Å². The van der Waals surface area contributed by atoms with E-state index in [9.17, 15) is 14.9 Å². The van der Waals surface area contributed by atoms with Gasteiger partial charge in [-0.3, -0.25) is 20.2 Å². The lowest BCUT2D eigenvalue weighted by Crippen LogP contribution is -2.10. The van der Waals surface area contributed by atoms with E-state index >= 15 is 0 Å². The number of nitrogens with one attached hydrogen (secondary N) is 1. The Morgan fingerprint density at radius 3 is 2.34 bits per heavy atom. The topological polar surface area (TPSA) is 98.3 Å². The molecule has 164 valence electrons. The van der Waals surface area contributed by atoms with Crippen LogP contribution in [-0.4, -0.2) is 15.8 Å². The molecule has 8 heteroatoms. The normalized spacial score (nSPS) is 11.2. The van der Waals surface area contributed by atoms with Gasteiger partial charge in [-0.05, 0) is 86.2 Å². The third kappa shape index (κ3) is 3.89. The number of carbonyl (C=O) groups excluding carboxylic acids is 1. The number of fused-ring (bicyclic) bond motifs is 1. The van der Waals surface area contributed by atoms with Crippen molar-refractivity contribution >= 4 is 38.3 Å². The largest absolute Gasteiger partial charge is 0.456 e. The maximum atomic E-state index is 12.7. The molecule has 0 aliphatic heterocycles. The molecule has 2 aromatic heterocycles. The number of nitrogens with zero attached hydrogens (tertiary/aromatic N) is 2. The molecule has 1 N–H and O–H groups in total. The van der Waals surface area contributed by atoms with Gasteiger partial charge >= 0.3 is 0 Å². The van der Waals surface area contributed by atoms with E-state index in [2.05, 4.69) is 44.9 Å². The minimum Gasteiger partial charge on any atom is -0.456 e. The predicted molar refractivity (Wildman–Crippen MR) is 126 cm³/mol. The molecule has 0 bridgehead atoms. The van der Waals surface area contributed by atoms with E-state index in [0.29, 0.717) is 27.5 Å². The highest BCUT2D eigenvalue weighted by Crippen LogP contribution is 2.30. The van der Waals surface area contributed by atoms with Gasteiger partial charge in [-0.1, -0.05) is 11.3 Å². The van der Waals surface area contributed by atoms with E-state index in [1.165, 1.54) is 56.9 Å². The minimum atomic E-state index is -0.456. The predicted octanol–water partition coefficient (Wildman–Crippen LogP) is 6.18. The molecule has 2 heterocycles. The fraction of sp³-hybridized carbons (Fsp3) is 0.250. The zero-order valence-electron chi connectivity index (χ0n) is 18.5. The Balaban J connectivity index is 1.54. The number of amides is 1. The molecule has 1 amide bonds. The van der Waals surface area contributed by atoms with Crippen LogP contribution in [0, 0.1) is 44.7 Å². The van der Waals surface area contributed by atoms with Crippen LogP contribution in [0.25, 0.3) is 10.2 Å². The fourth-order valence-electron chi connectivity index (χ4n) is 3.85. The molecule has 4 rings (SSSR count). The number of thiazole rings is 1. The van der Waals surface area contributed by atoms with Crippen molar-refractivity contribution in [2.75, 3.05) is 5.32 Å². The molecule has 0 radical (unpaired) electrons. The summed E-state index contributed by atoms with van der Waals surface area (Å²) in [6, 6.07) is 7.89. The summed E-state index contributed by atoms with van der Waals surface area (Å²) in [5.74, 6) is 0.500. The van der Waals surface area contributed by atoms with Crippen molar-refractivity contribution < 1.29 is 14.1 Å². The molecular formula is C24H23N3O4S. The summed E-state index contributed by atoms with van der Waals surface area (Å²) in [5, 5.41) is 14.0. The quantitative estimate of drug-likeness (QED) is 0.290. The molecule has 0 unspecified atom stereocenters. The maximum Gasteiger partial charge on any atom is 0.293 e. The molecule has 4 aromatic rings. The zero-order valence-corrected chi connectivity index (χ0v) is 19.3. The second-order valence-corrected chi connectivity index (χ2v) is 8.96. The number of hydrogen-bond acceptors (Lipinski definition) is 6. The van der Waals surface area contributed by atoms with Gasteiger partial charge in [0, 0.05) is 18.6 Å². The smallest absolute Gasteiger partial charge is 0.293 e. The summed E-state index contributed by atoms with van der Waals surface area (Å²) >= 11 is 1.18. The van der Waals surface area contributed by atoms with Crippen molar-refractivity contribution in [2.45, 2.75) is 41.0 Å². The van der Waals surface area contributed by atoms with E-state index in [-0.39, 0.29) is 11.4 Å². The zero-order chi connectivity index (χ0) is 23.2. The number of nitro benzene ring substituents is 1. The Labute approximate surface area is 189 Å². The molecular weight excluding hydrogens is 426 g/mol. The number of rotatable bonds is 5.